The van der Waals surface area contributed by atoms with Gasteiger partial charge in [0.2, 0.25) is 15.9 Å². The second kappa shape index (κ2) is 8.41. The molecule has 1 aromatic carbocycles. The third-order valence-corrected chi connectivity index (χ3v) is 6.38. The van der Waals surface area contributed by atoms with E-state index >= 15 is 0 Å². The van der Waals surface area contributed by atoms with Crippen molar-refractivity contribution in [2.45, 2.75) is 37.6 Å². The molecule has 2 heterocycles. The number of unbranched alkanes of at least 4 members (excludes halogenated alkanes) is 1. The molecule has 0 radical (unpaired) electrons. The maximum atomic E-state index is 13.9. The average molecular weight is 400 g/mol. The van der Waals surface area contributed by atoms with Crippen LogP contribution < -0.4 is 0 Å². The van der Waals surface area contributed by atoms with E-state index in [0.717, 1.165) is 31.4 Å². The Bertz CT molecular complexity index is 880. The summed E-state index contributed by atoms with van der Waals surface area (Å²) in [4.78, 5) is 5.70. The summed E-state index contributed by atoms with van der Waals surface area (Å²) in [5.74, 6) is -0.573. The fraction of sp³-hybridized carbons (Fsp3) is 0.529. The van der Waals surface area contributed by atoms with E-state index in [1.165, 1.54) is 4.31 Å². The fourth-order valence-corrected chi connectivity index (χ4v) is 4.42. The molecule has 7 nitrogen and oxygen atoms in total. The lowest BCUT2D eigenvalue weighted by Gasteiger charge is -2.33. The predicted molar refractivity (Wildman–Crippen MR) is 93.3 cm³/mol. The number of aromatic nitrogens is 2. The fourth-order valence-electron chi connectivity index (χ4n) is 2.92. The molecule has 2 aromatic rings. The van der Waals surface area contributed by atoms with Crippen LogP contribution in [0.5, 0.6) is 0 Å². The number of rotatable bonds is 7. The Balaban J connectivity index is 1.60. The summed E-state index contributed by atoms with van der Waals surface area (Å²) in [5.41, 5.74) is 0. The number of nitrogens with zero attached hydrogens (tertiary/aromatic N) is 4. The molecule has 0 atom stereocenters. The lowest BCUT2D eigenvalue weighted by molar-refractivity contribution is 0.163. The quantitative estimate of drug-likeness (QED) is 0.709. The maximum Gasteiger partial charge on any atom is 0.246 e. The molecule has 3 rings (SSSR count). The van der Waals surface area contributed by atoms with Crippen molar-refractivity contribution in [2.24, 2.45) is 0 Å². The second-order valence-electron chi connectivity index (χ2n) is 6.46. The molecule has 0 spiro atoms. The van der Waals surface area contributed by atoms with Gasteiger partial charge in [-0.1, -0.05) is 18.5 Å². The van der Waals surface area contributed by atoms with E-state index < -0.39 is 26.6 Å². The molecular formula is C17H22F2N4O3S. The highest BCUT2D eigenvalue weighted by Gasteiger charge is 2.31. The van der Waals surface area contributed by atoms with Crippen molar-refractivity contribution in [2.75, 3.05) is 26.2 Å². The lowest BCUT2D eigenvalue weighted by atomic mass is 10.2. The number of halogens is 2. The number of piperazine rings is 1. The van der Waals surface area contributed by atoms with E-state index in [1.54, 1.807) is 0 Å². The molecule has 0 saturated carbocycles. The van der Waals surface area contributed by atoms with Crippen LogP contribution in [0.4, 0.5) is 8.78 Å². The van der Waals surface area contributed by atoms with Crippen molar-refractivity contribution >= 4 is 10.0 Å². The molecular weight excluding hydrogens is 378 g/mol. The summed E-state index contributed by atoms with van der Waals surface area (Å²) in [5, 5.41) is 3.93. The van der Waals surface area contributed by atoms with Crippen molar-refractivity contribution in [3.8, 4) is 0 Å². The second-order valence-corrected chi connectivity index (χ2v) is 8.37. The number of sulfonamides is 1. The minimum Gasteiger partial charge on any atom is -0.338 e. The van der Waals surface area contributed by atoms with Gasteiger partial charge in [0.25, 0.3) is 0 Å². The third-order valence-electron chi connectivity index (χ3n) is 4.47. The van der Waals surface area contributed by atoms with E-state index in [1.807, 2.05) is 4.90 Å². The van der Waals surface area contributed by atoms with Crippen LogP contribution in [0.15, 0.2) is 27.6 Å². The Morgan fingerprint density at radius 1 is 1.19 bits per heavy atom. The van der Waals surface area contributed by atoms with Gasteiger partial charge in [0, 0.05) is 32.6 Å². The first kappa shape index (κ1) is 19.8. The van der Waals surface area contributed by atoms with E-state index in [-0.39, 0.29) is 13.1 Å². The van der Waals surface area contributed by atoms with Crippen LogP contribution in [0.1, 0.15) is 31.5 Å². The molecule has 0 N–H and O–H groups in total. The SMILES string of the molecule is CCCCc1noc(CN2CCN(S(=O)(=O)c3cc(F)ccc3F)CC2)n1. The van der Waals surface area contributed by atoms with Gasteiger partial charge in [-0.3, -0.25) is 4.90 Å². The summed E-state index contributed by atoms with van der Waals surface area (Å²) in [7, 11) is -4.08. The van der Waals surface area contributed by atoms with Gasteiger partial charge < -0.3 is 4.52 Å². The molecule has 1 fully saturated rings. The van der Waals surface area contributed by atoms with Crippen molar-refractivity contribution in [1.29, 1.82) is 0 Å². The zero-order valence-corrected chi connectivity index (χ0v) is 15.9. The Morgan fingerprint density at radius 2 is 1.93 bits per heavy atom. The molecule has 0 aliphatic carbocycles. The summed E-state index contributed by atoms with van der Waals surface area (Å²) >= 11 is 0. The summed E-state index contributed by atoms with van der Waals surface area (Å²) in [6, 6.07) is 2.43. The van der Waals surface area contributed by atoms with E-state index in [4.69, 9.17) is 4.52 Å². The van der Waals surface area contributed by atoms with Crippen LogP contribution in [0.3, 0.4) is 0 Å². The first-order chi connectivity index (χ1) is 12.9. The zero-order chi connectivity index (χ0) is 19.4. The Kier molecular flexibility index (Phi) is 6.18. The van der Waals surface area contributed by atoms with Gasteiger partial charge in [-0.25, -0.2) is 17.2 Å². The molecule has 1 aliphatic heterocycles. The minimum absolute atomic E-state index is 0.176. The first-order valence-electron chi connectivity index (χ1n) is 8.89. The first-order valence-corrected chi connectivity index (χ1v) is 10.3. The van der Waals surface area contributed by atoms with Gasteiger partial charge >= 0.3 is 0 Å². The molecule has 0 unspecified atom stereocenters. The van der Waals surface area contributed by atoms with Gasteiger partial charge in [0.05, 0.1) is 6.54 Å². The van der Waals surface area contributed by atoms with Crippen LogP contribution >= 0.6 is 0 Å². The summed E-state index contributed by atoms with van der Waals surface area (Å²) in [6.07, 6.45) is 2.81. The van der Waals surface area contributed by atoms with Gasteiger partial charge in [-0.05, 0) is 24.6 Å². The highest BCUT2D eigenvalue weighted by molar-refractivity contribution is 7.89. The Hall–Kier alpha value is -1.91. The smallest absolute Gasteiger partial charge is 0.246 e. The monoisotopic (exact) mass is 400 g/mol. The standard InChI is InChI=1S/C17H22F2N4O3S/c1-2-3-4-16-20-17(26-21-16)12-22-7-9-23(10-8-22)27(24,25)15-11-13(18)5-6-14(15)19/h5-6,11H,2-4,7-10,12H2,1H3. The number of hydrogen-bond acceptors (Lipinski definition) is 6. The third kappa shape index (κ3) is 4.69. The zero-order valence-electron chi connectivity index (χ0n) is 15.1. The molecule has 27 heavy (non-hydrogen) atoms. The van der Waals surface area contributed by atoms with Gasteiger partial charge in [-0.2, -0.15) is 9.29 Å². The number of aryl methyl sites for hydroxylation is 1. The van der Waals surface area contributed by atoms with Crippen LogP contribution in [0.25, 0.3) is 0 Å². The lowest BCUT2D eigenvalue weighted by Crippen LogP contribution is -2.48. The van der Waals surface area contributed by atoms with E-state index in [2.05, 4.69) is 17.1 Å². The molecule has 0 bridgehead atoms. The Morgan fingerprint density at radius 3 is 2.63 bits per heavy atom. The van der Waals surface area contributed by atoms with Crippen LogP contribution in [0.2, 0.25) is 0 Å². The van der Waals surface area contributed by atoms with Gasteiger partial charge in [0.1, 0.15) is 16.5 Å². The normalized spacial score (nSPS) is 16.7. The maximum absolute atomic E-state index is 13.9. The van der Waals surface area contributed by atoms with Gasteiger partial charge in [0.15, 0.2) is 5.82 Å². The highest BCUT2D eigenvalue weighted by Crippen LogP contribution is 2.22. The summed E-state index contributed by atoms with van der Waals surface area (Å²) < 4.78 is 58.8. The topological polar surface area (TPSA) is 79.5 Å². The molecule has 10 heteroatoms. The molecule has 1 saturated heterocycles. The molecule has 1 aromatic heterocycles. The summed E-state index contributed by atoms with van der Waals surface area (Å²) in [6.45, 7) is 3.74. The van der Waals surface area contributed by atoms with Crippen LogP contribution in [0, 0.1) is 11.6 Å². The van der Waals surface area contributed by atoms with Crippen molar-refractivity contribution in [1.82, 2.24) is 19.3 Å². The van der Waals surface area contributed by atoms with Crippen molar-refractivity contribution in [3.63, 3.8) is 0 Å². The Labute approximate surface area is 157 Å². The van der Waals surface area contributed by atoms with Crippen LogP contribution in [-0.4, -0.2) is 53.9 Å². The molecule has 1 aliphatic rings. The van der Waals surface area contributed by atoms with Crippen LogP contribution in [-0.2, 0) is 23.0 Å². The van der Waals surface area contributed by atoms with Crippen molar-refractivity contribution < 1.29 is 21.7 Å². The molecule has 148 valence electrons. The largest absolute Gasteiger partial charge is 0.338 e. The number of benzene rings is 1. The number of hydrogen-bond donors (Lipinski definition) is 0. The van der Waals surface area contributed by atoms with E-state index in [9.17, 15) is 17.2 Å². The van der Waals surface area contributed by atoms with Gasteiger partial charge in [-0.15, -0.1) is 0 Å². The average Bonchev–Trinajstić information content (AvgIpc) is 3.09. The molecule has 0 amide bonds. The minimum atomic E-state index is -4.08. The van der Waals surface area contributed by atoms with Crippen molar-refractivity contribution in [3.05, 3.63) is 41.5 Å². The predicted octanol–water partition coefficient (Wildman–Crippen LogP) is 2.20. The highest BCUT2D eigenvalue weighted by atomic mass is 32.2. The van der Waals surface area contributed by atoms with E-state index in [0.29, 0.717) is 37.4 Å².